The zero-order valence-electron chi connectivity index (χ0n) is 8.38. The van der Waals surface area contributed by atoms with E-state index in [0.29, 0.717) is 4.90 Å². The second-order valence-electron chi connectivity index (χ2n) is 2.96. The van der Waals surface area contributed by atoms with Gasteiger partial charge in [0.15, 0.2) is 6.19 Å². The molecule has 0 aromatic heterocycles. The number of carbonyl (C=O) groups is 1. The summed E-state index contributed by atoms with van der Waals surface area (Å²) in [4.78, 5) is 21.7. The molecular weight excluding hydrogens is 212 g/mol. The van der Waals surface area contributed by atoms with Gasteiger partial charge >= 0.3 is 0 Å². The fourth-order valence-corrected chi connectivity index (χ4v) is 1.17. The molecule has 82 valence electrons. The van der Waals surface area contributed by atoms with Crippen molar-refractivity contribution in [1.82, 2.24) is 0 Å². The largest absolute Gasteiger partial charge is 0.399 e. The van der Waals surface area contributed by atoms with E-state index in [9.17, 15) is 14.9 Å². The Balaban J connectivity index is 3.40. The van der Waals surface area contributed by atoms with Gasteiger partial charge in [-0.1, -0.05) is 0 Å². The maximum Gasteiger partial charge on any atom is 0.294 e. The van der Waals surface area contributed by atoms with Crippen LogP contribution in [0.2, 0.25) is 0 Å². The molecule has 0 atom stereocenters. The highest BCUT2D eigenvalue weighted by Gasteiger charge is 2.22. The van der Waals surface area contributed by atoms with Gasteiger partial charge in [-0.3, -0.25) is 14.9 Å². The molecule has 16 heavy (non-hydrogen) atoms. The molecule has 1 amide bonds. The van der Waals surface area contributed by atoms with Gasteiger partial charge < -0.3 is 5.73 Å². The number of hydrogen-bond acceptors (Lipinski definition) is 5. The van der Waals surface area contributed by atoms with E-state index in [1.807, 2.05) is 0 Å². The van der Waals surface area contributed by atoms with Gasteiger partial charge in [-0.25, -0.2) is 4.90 Å². The third-order valence-electron chi connectivity index (χ3n) is 1.85. The van der Waals surface area contributed by atoms with Gasteiger partial charge in [-0.2, -0.15) is 5.26 Å². The van der Waals surface area contributed by atoms with Crippen molar-refractivity contribution in [1.29, 1.82) is 5.26 Å². The molecule has 0 saturated carbocycles. The minimum Gasteiger partial charge on any atom is -0.399 e. The minimum absolute atomic E-state index is 0.125. The number of nitrogen functional groups attached to an aromatic ring is 1. The summed E-state index contributed by atoms with van der Waals surface area (Å²) in [6.45, 7) is 1.14. The molecule has 1 aromatic carbocycles. The Morgan fingerprint density at radius 1 is 1.62 bits per heavy atom. The van der Waals surface area contributed by atoms with Gasteiger partial charge in [0.2, 0.25) is 5.91 Å². The number of nitriles is 1. The van der Waals surface area contributed by atoms with Crippen molar-refractivity contribution in [2.75, 3.05) is 10.6 Å². The molecule has 0 radical (unpaired) electrons. The number of nitro groups is 1. The lowest BCUT2D eigenvalue weighted by atomic mass is 10.2. The van der Waals surface area contributed by atoms with Crippen molar-refractivity contribution >= 4 is 23.0 Å². The zero-order chi connectivity index (χ0) is 12.3. The molecule has 1 aromatic rings. The average molecular weight is 220 g/mol. The van der Waals surface area contributed by atoms with Crippen molar-refractivity contribution in [3.63, 3.8) is 0 Å². The molecule has 0 saturated heterocycles. The minimum atomic E-state index is -0.679. The number of amides is 1. The number of nitrogens with two attached hydrogens (primary N) is 1. The lowest BCUT2D eigenvalue weighted by molar-refractivity contribution is -0.384. The average Bonchev–Trinajstić information content (AvgIpc) is 2.17. The van der Waals surface area contributed by atoms with Crippen LogP contribution < -0.4 is 10.6 Å². The van der Waals surface area contributed by atoms with Crippen LogP contribution >= 0.6 is 0 Å². The third kappa shape index (κ3) is 2.06. The van der Waals surface area contributed by atoms with Crippen molar-refractivity contribution in [3.8, 4) is 6.19 Å². The van der Waals surface area contributed by atoms with Crippen molar-refractivity contribution < 1.29 is 9.72 Å². The molecule has 7 nitrogen and oxygen atoms in total. The summed E-state index contributed by atoms with van der Waals surface area (Å²) in [5, 5.41) is 19.4. The highest BCUT2D eigenvalue weighted by atomic mass is 16.6. The van der Waals surface area contributed by atoms with Crippen LogP contribution in [-0.4, -0.2) is 10.8 Å². The lowest BCUT2D eigenvalue weighted by Crippen LogP contribution is -2.23. The fourth-order valence-electron chi connectivity index (χ4n) is 1.17. The predicted octanol–water partition coefficient (Wildman–Crippen LogP) is 1.01. The molecule has 0 heterocycles. The number of rotatable bonds is 2. The van der Waals surface area contributed by atoms with Gasteiger partial charge in [-0.15, -0.1) is 0 Å². The predicted molar refractivity (Wildman–Crippen MR) is 56.3 cm³/mol. The number of nitrogens with zero attached hydrogens (tertiary/aromatic N) is 3. The number of nitro benzene ring substituents is 1. The van der Waals surface area contributed by atoms with Crippen LogP contribution in [0.1, 0.15) is 6.92 Å². The van der Waals surface area contributed by atoms with Crippen LogP contribution in [0, 0.1) is 21.6 Å². The first-order chi connectivity index (χ1) is 7.47. The van der Waals surface area contributed by atoms with E-state index in [1.165, 1.54) is 12.1 Å². The highest BCUT2D eigenvalue weighted by molar-refractivity contribution is 5.97. The molecule has 1 rings (SSSR count). The number of hydrogen-bond donors (Lipinski definition) is 1. The fraction of sp³-hybridized carbons (Fsp3) is 0.111. The molecule has 0 unspecified atom stereocenters. The van der Waals surface area contributed by atoms with Crippen LogP contribution in [0.4, 0.5) is 17.1 Å². The summed E-state index contributed by atoms with van der Waals surface area (Å²) < 4.78 is 0. The Morgan fingerprint density at radius 3 is 2.69 bits per heavy atom. The number of anilines is 2. The molecule has 0 aliphatic heterocycles. The summed E-state index contributed by atoms with van der Waals surface area (Å²) >= 11 is 0. The first-order valence-corrected chi connectivity index (χ1v) is 4.21. The van der Waals surface area contributed by atoms with Crippen molar-refractivity contribution in [2.24, 2.45) is 0 Å². The van der Waals surface area contributed by atoms with Gasteiger partial charge in [0.1, 0.15) is 5.69 Å². The van der Waals surface area contributed by atoms with E-state index < -0.39 is 10.8 Å². The quantitative estimate of drug-likeness (QED) is 0.262. The Labute approximate surface area is 90.8 Å². The summed E-state index contributed by atoms with van der Waals surface area (Å²) in [5.41, 5.74) is 5.22. The maximum absolute atomic E-state index is 11.1. The molecule has 2 N–H and O–H groups in total. The van der Waals surface area contributed by atoms with E-state index in [1.54, 1.807) is 6.19 Å². The molecule has 0 spiro atoms. The second kappa shape index (κ2) is 4.27. The lowest BCUT2D eigenvalue weighted by Gasteiger charge is -2.11. The first-order valence-electron chi connectivity index (χ1n) is 4.21. The summed E-state index contributed by atoms with van der Waals surface area (Å²) in [6, 6.07) is 3.69. The van der Waals surface area contributed by atoms with Crippen LogP contribution in [0.5, 0.6) is 0 Å². The van der Waals surface area contributed by atoms with Gasteiger partial charge in [0.05, 0.1) is 4.92 Å². The summed E-state index contributed by atoms with van der Waals surface area (Å²) in [5.74, 6) is -0.615. The molecular formula is C9H8N4O3. The number of carbonyl (C=O) groups excluding carboxylic acids is 1. The Hall–Kier alpha value is -2.62. The molecule has 0 fully saturated rings. The summed E-state index contributed by atoms with van der Waals surface area (Å²) in [7, 11) is 0. The van der Waals surface area contributed by atoms with Gasteiger partial charge in [0, 0.05) is 18.7 Å². The van der Waals surface area contributed by atoms with Crippen LogP contribution in [0.3, 0.4) is 0 Å². The molecule has 0 aliphatic carbocycles. The zero-order valence-corrected chi connectivity index (χ0v) is 8.38. The molecule has 7 heteroatoms. The van der Waals surface area contributed by atoms with Crippen LogP contribution in [-0.2, 0) is 4.79 Å². The third-order valence-corrected chi connectivity index (χ3v) is 1.85. The standard InChI is InChI=1S/C9H8N4O3/c1-6(14)12(5-10)9-4-7(11)2-3-8(9)13(15)16/h2-4H,11H2,1H3. The van der Waals surface area contributed by atoms with Crippen LogP contribution in [0.25, 0.3) is 0 Å². The van der Waals surface area contributed by atoms with Crippen molar-refractivity contribution in [3.05, 3.63) is 28.3 Å². The number of benzene rings is 1. The van der Waals surface area contributed by atoms with Gasteiger partial charge in [0.25, 0.3) is 5.69 Å². The Kier molecular flexibility index (Phi) is 3.06. The van der Waals surface area contributed by atoms with E-state index in [-0.39, 0.29) is 17.1 Å². The second-order valence-corrected chi connectivity index (χ2v) is 2.96. The highest BCUT2D eigenvalue weighted by Crippen LogP contribution is 2.29. The summed E-state index contributed by atoms with van der Waals surface area (Å²) in [6.07, 6.45) is 1.56. The van der Waals surface area contributed by atoms with Crippen LogP contribution in [0.15, 0.2) is 18.2 Å². The van der Waals surface area contributed by atoms with Gasteiger partial charge in [-0.05, 0) is 12.1 Å². The topological polar surface area (TPSA) is 113 Å². The first kappa shape index (κ1) is 11.5. The van der Waals surface area contributed by atoms with E-state index >= 15 is 0 Å². The molecule has 0 bridgehead atoms. The monoisotopic (exact) mass is 220 g/mol. The maximum atomic E-state index is 11.1. The van der Waals surface area contributed by atoms with E-state index in [2.05, 4.69) is 0 Å². The van der Waals surface area contributed by atoms with Crippen molar-refractivity contribution in [2.45, 2.75) is 6.92 Å². The Bertz CT molecular complexity index is 492. The van der Waals surface area contributed by atoms with E-state index in [0.717, 1.165) is 13.0 Å². The SMILES string of the molecule is CC(=O)N(C#N)c1cc(N)ccc1[N+](=O)[O-]. The smallest absolute Gasteiger partial charge is 0.294 e. The Morgan fingerprint density at radius 2 is 2.25 bits per heavy atom. The van der Waals surface area contributed by atoms with E-state index in [4.69, 9.17) is 11.0 Å². The molecule has 0 aliphatic rings. The normalized spacial score (nSPS) is 9.25.